The molecular weight excluding hydrogens is 274 g/mol. The maximum atomic E-state index is 11.8. The quantitative estimate of drug-likeness (QED) is 0.650. The zero-order valence-corrected chi connectivity index (χ0v) is 10.2. The number of hydrogen-bond acceptors (Lipinski definition) is 5. The maximum absolute atomic E-state index is 11.8. The molecule has 1 heterocycles. The van der Waals surface area contributed by atoms with Gasteiger partial charge in [0, 0.05) is 12.3 Å². The Morgan fingerprint density at radius 3 is 2.63 bits per heavy atom. The number of rotatable bonds is 4. The first-order valence-corrected chi connectivity index (χ1v) is 6.46. The molecule has 0 aliphatic carbocycles. The van der Waals surface area contributed by atoms with E-state index in [4.69, 9.17) is 5.11 Å². The molecule has 9 heteroatoms. The van der Waals surface area contributed by atoms with Crippen LogP contribution in [0.4, 0.5) is 5.69 Å². The minimum atomic E-state index is -3.82. The number of aromatic nitrogens is 2. The fourth-order valence-corrected chi connectivity index (χ4v) is 2.33. The fourth-order valence-electron chi connectivity index (χ4n) is 1.38. The van der Waals surface area contributed by atoms with Gasteiger partial charge in [-0.15, -0.1) is 0 Å². The highest BCUT2D eigenvalue weighted by Crippen LogP contribution is 2.23. The number of carbonyl (C=O) groups is 1. The molecule has 0 aliphatic rings. The number of sulfonamides is 1. The molecule has 1 aromatic heterocycles. The van der Waals surface area contributed by atoms with Gasteiger partial charge in [0.2, 0.25) is 0 Å². The van der Waals surface area contributed by atoms with Gasteiger partial charge in [-0.1, -0.05) is 0 Å². The van der Waals surface area contributed by atoms with Crippen molar-refractivity contribution in [3.8, 4) is 5.75 Å². The van der Waals surface area contributed by atoms with Gasteiger partial charge in [0.25, 0.3) is 10.0 Å². The third kappa shape index (κ3) is 2.65. The predicted molar refractivity (Wildman–Crippen MR) is 64.5 cm³/mol. The van der Waals surface area contributed by atoms with Crippen LogP contribution in [0.3, 0.4) is 0 Å². The van der Waals surface area contributed by atoms with Crippen LogP contribution in [-0.4, -0.2) is 34.8 Å². The van der Waals surface area contributed by atoms with Crippen molar-refractivity contribution in [3.05, 3.63) is 36.2 Å². The predicted octanol–water partition coefficient (Wildman–Crippen LogP) is 0.614. The molecular formula is C10H9N3O5S. The summed E-state index contributed by atoms with van der Waals surface area (Å²) in [5.74, 6) is -1.83. The molecule has 100 valence electrons. The van der Waals surface area contributed by atoms with Crippen molar-refractivity contribution >= 4 is 21.7 Å². The van der Waals surface area contributed by atoms with Crippen LogP contribution in [-0.2, 0) is 10.0 Å². The van der Waals surface area contributed by atoms with Crippen LogP contribution in [0.15, 0.2) is 35.5 Å². The van der Waals surface area contributed by atoms with E-state index in [1.807, 2.05) is 0 Å². The van der Waals surface area contributed by atoms with Crippen LogP contribution in [0, 0.1) is 0 Å². The molecule has 0 saturated heterocycles. The topological polar surface area (TPSA) is 132 Å². The van der Waals surface area contributed by atoms with Gasteiger partial charge in [-0.25, -0.2) is 13.2 Å². The van der Waals surface area contributed by atoms with Crippen LogP contribution < -0.4 is 4.72 Å². The monoisotopic (exact) mass is 283 g/mol. The molecule has 0 unspecified atom stereocenters. The number of anilines is 1. The van der Waals surface area contributed by atoms with E-state index in [1.165, 1.54) is 12.3 Å². The van der Waals surface area contributed by atoms with Gasteiger partial charge in [-0.05, 0) is 12.1 Å². The number of benzene rings is 1. The summed E-state index contributed by atoms with van der Waals surface area (Å²) in [6.45, 7) is 0. The second kappa shape index (κ2) is 4.61. The molecule has 1 aromatic carbocycles. The minimum absolute atomic E-state index is 0.0451. The summed E-state index contributed by atoms with van der Waals surface area (Å²) >= 11 is 0. The molecule has 0 fully saturated rings. The summed E-state index contributed by atoms with van der Waals surface area (Å²) in [6, 6.07) is 3.35. The van der Waals surface area contributed by atoms with E-state index in [1.54, 1.807) is 0 Å². The van der Waals surface area contributed by atoms with Crippen LogP contribution in [0.25, 0.3) is 0 Å². The zero-order valence-electron chi connectivity index (χ0n) is 9.36. The van der Waals surface area contributed by atoms with Gasteiger partial charge in [-0.3, -0.25) is 9.82 Å². The van der Waals surface area contributed by atoms with Gasteiger partial charge in [0.05, 0.1) is 11.9 Å². The second-order valence-electron chi connectivity index (χ2n) is 3.58. The number of aromatic hydroxyl groups is 1. The van der Waals surface area contributed by atoms with Crippen molar-refractivity contribution in [2.24, 2.45) is 0 Å². The van der Waals surface area contributed by atoms with Crippen molar-refractivity contribution in [1.29, 1.82) is 0 Å². The summed E-state index contributed by atoms with van der Waals surface area (Å²) in [5, 5.41) is 24.1. The zero-order chi connectivity index (χ0) is 14.0. The summed E-state index contributed by atoms with van der Waals surface area (Å²) in [7, 11) is -3.82. The Balaban J connectivity index is 2.30. The molecule has 4 N–H and O–H groups in total. The Morgan fingerprint density at radius 2 is 2.11 bits per heavy atom. The minimum Gasteiger partial charge on any atom is -0.507 e. The largest absolute Gasteiger partial charge is 0.507 e. The highest BCUT2D eigenvalue weighted by molar-refractivity contribution is 7.92. The van der Waals surface area contributed by atoms with E-state index in [2.05, 4.69) is 14.9 Å². The second-order valence-corrected chi connectivity index (χ2v) is 5.26. The maximum Gasteiger partial charge on any atom is 0.339 e. The van der Waals surface area contributed by atoms with Crippen LogP contribution in [0.1, 0.15) is 10.4 Å². The molecule has 0 aliphatic heterocycles. The lowest BCUT2D eigenvalue weighted by atomic mass is 10.2. The van der Waals surface area contributed by atoms with Crippen molar-refractivity contribution < 1.29 is 23.4 Å². The number of hydrogen-bond donors (Lipinski definition) is 4. The molecule has 0 bridgehead atoms. The molecule has 2 rings (SSSR count). The molecule has 0 radical (unpaired) electrons. The first kappa shape index (κ1) is 12.9. The van der Waals surface area contributed by atoms with E-state index >= 15 is 0 Å². The molecule has 0 spiro atoms. The first-order chi connectivity index (χ1) is 8.90. The first-order valence-electron chi connectivity index (χ1n) is 4.98. The van der Waals surface area contributed by atoms with E-state index < -0.39 is 21.7 Å². The number of carboxylic acids is 1. The summed E-state index contributed by atoms with van der Waals surface area (Å²) < 4.78 is 25.8. The standard InChI is InChI=1S/C10H9N3O5S/c14-9-3-6(1-2-8(9)10(15)16)13-19(17,18)7-4-11-12-5-7/h1-5,13-14H,(H,11,12)(H,15,16). The Kier molecular flexibility index (Phi) is 3.13. The SMILES string of the molecule is O=C(O)c1ccc(NS(=O)(=O)c2cn[nH]c2)cc1O. The number of nitrogens with zero attached hydrogens (tertiary/aromatic N) is 1. The van der Waals surface area contributed by atoms with Crippen LogP contribution in [0.5, 0.6) is 5.75 Å². The third-order valence-electron chi connectivity index (χ3n) is 2.26. The Bertz CT molecular complexity index is 709. The summed E-state index contributed by atoms with van der Waals surface area (Å²) in [6.07, 6.45) is 2.31. The highest BCUT2D eigenvalue weighted by Gasteiger charge is 2.17. The summed E-state index contributed by atoms with van der Waals surface area (Å²) in [4.78, 5) is 10.6. The highest BCUT2D eigenvalue weighted by atomic mass is 32.2. The van der Waals surface area contributed by atoms with Gasteiger partial charge < -0.3 is 10.2 Å². The van der Waals surface area contributed by atoms with E-state index in [-0.39, 0.29) is 16.1 Å². The van der Waals surface area contributed by atoms with Crippen LogP contribution in [0.2, 0.25) is 0 Å². The number of H-pyrrole nitrogens is 1. The fraction of sp³-hybridized carbons (Fsp3) is 0. The Morgan fingerprint density at radius 1 is 1.37 bits per heavy atom. The van der Waals surface area contributed by atoms with Crippen molar-refractivity contribution in [3.63, 3.8) is 0 Å². The smallest absolute Gasteiger partial charge is 0.339 e. The number of aromatic carboxylic acids is 1. The third-order valence-corrected chi connectivity index (χ3v) is 3.61. The van der Waals surface area contributed by atoms with Crippen LogP contribution >= 0.6 is 0 Å². The van der Waals surface area contributed by atoms with Gasteiger partial charge in [-0.2, -0.15) is 5.10 Å². The average Bonchev–Trinajstić information content (AvgIpc) is 2.81. The number of phenols is 1. The number of carboxylic acid groups (broad SMARTS) is 1. The molecule has 0 amide bonds. The van der Waals surface area contributed by atoms with E-state index in [0.29, 0.717) is 0 Å². The lowest BCUT2D eigenvalue weighted by molar-refractivity contribution is 0.0694. The Hall–Kier alpha value is -2.55. The van der Waals surface area contributed by atoms with Gasteiger partial charge in [0.1, 0.15) is 16.2 Å². The lowest BCUT2D eigenvalue weighted by Crippen LogP contribution is -2.12. The average molecular weight is 283 g/mol. The van der Waals surface area contributed by atoms with Crippen molar-refractivity contribution in [1.82, 2.24) is 10.2 Å². The molecule has 2 aromatic rings. The van der Waals surface area contributed by atoms with Crippen molar-refractivity contribution in [2.75, 3.05) is 4.72 Å². The van der Waals surface area contributed by atoms with E-state index in [0.717, 1.165) is 18.3 Å². The normalized spacial score (nSPS) is 11.2. The number of aromatic amines is 1. The summed E-state index contributed by atoms with van der Waals surface area (Å²) in [5.41, 5.74) is -0.269. The number of nitrogens with one attached hydrogen (secondary N) is 2. The van der Waals surface area contributed by atoms with Crippen molar-refractivity contribution in [2.45, 2.75) is 4.90 Å². The molecule has 0 atom stereocenters. The Labute approximate surface area is 107 Å². The van der Waals surface area contributed by atoms with Gasteiger partial charge in [0.15, 0.2) is 0 Å². The lowest BCUT2D eigenvalue weighted by Gasteiger charge is -2.07. The van der Waals surface area contributed by atoms with Gasteiger partial charge >= 0.3 is 5.97 Å². The molecule has 8 nitrogen and oxygen atoms in total. The molecule has 0 saturated carbocycles. The van der Waals surface area contributed by atoms with E-state index in [9.17, 15) is 18.3 Å². The molecule has 19 heavy (non-hydrogen) atoms.